The quantitative estimate of drug-likeness (QED) is 0.214. The highest BCUT2D eigenvalue weighted by molar-refractivity contribution is 7.93. The maximum atomic E-state index is 14.0. The molecule has 0 amide bonds. The van der Waals surface area contributed by atoms with Gasteiger partial charge in [-0.25, -0.2) is 12.8 Å². The Kier molecular flexibility index (Phi) is 9.18. The van der Waals surface area contributed by atoms with Crippen LogP contribution in [-0.2, 0) is 25.8 Å². The highest BCUT2D eigenvalue weighted by atomic mass is 32.2. The Bertz CT molecular complexity index is 1080. The van der Waals surface area contributed by atoms with Crippen LogP contribution in [0.15, 0.2) is 53.7 Å². The van der Waals surface area contributed by atoms with Gasteiger partial charge in [0.15, 0.2) is 14.6 Å². The molecule has 0 aliphatic carbocycles. The van der Waals surface area contributed by atoms with Crippen LogP contribution in [0, 0.1) is 17.7 Å². The number of hydrogen-bond acceptors (Lipinski definition) is 5. The molecule has 5 nitrogen and oxygen atoms in total. The highest BCUT2D eigenvalue weighted by Crippen LogP contribution is 2.35. The molecule has 2 aromatic rings. The molecule has 0 radical (unpaired) electrons. The van der Waals surface area contributed by atoms with Gasteiger partial charge in [0.2, 0.25) is 0 Å². The van der Waals surface area contributed by atoms with E-state index < -0.39 is 32.0 Å². The molecule has 1 aromatic carbocycles. The fraction of sp³-hybridized carbons (Fsp3) is 0.462. The second-order valence-electron chi connectivity index (χ2n) is 8.98. The average Bonchev–Trinajstić information content (AvgIpc) is 2.75. The molecule has 1 atom stereocenters. The van der Waals surface area contributed by atoms with Crippen LogP contribution < -0.4 is 0 Å². The van der Waals surface area contributed by atoms with E-state index in [1.54, 1.807) is 39.1 Å². The maximum Gasteiger partial charge on any atom is 0.329 e. The number of rotatable bonds is 9. The number of nitrogens with zero attached hydrogens (tertiary/aromatic N) is 1. The third-order valence-corrected chi connectivity index (χ3v) is 7.40. The Morgan fingerprint density at radius 2 is 1.79 bits per heavy atom. The largest absolute Gasteiger partial charge is 0.459 e. The molecule has 0 saturated heterocycles. The van der Waals surface area contributed by atoms with Crippen LogP contribution in [0.25, 0.3) is 0 Å². The highest BCUT2D eigenvalue weighted by Gasteiger charge is 2.53. The molecule has 0 N–H and O–H groups in total. The van der Waals surface area contributed by atoms with Gasteiger partial charge in [0, 0.05) is 31.7 Å². The number of carbonyl (C=O) groups excluding carboxylic acids is 1. The summed E-state index contributed by atoms with van der Waals surface area (Å²) < 4.78 is 45.0. The van der Waals surface area contributed by atoms with Crippen LogP contribution in [0.3, 0.4) is 0 Å². The molecule has 1 heterocycles. The zero-order valence-electron chi connectivity index (χ0n) is 19.7. The van der Waals surface area contributed by atoms with E-state index in [2.05, 4.69) is 23.7 Å². The average molecular weight is 474 g/mol. The fourth-order valence-corrected chi connectivity index (χ4v) is 5.13. The van der Waals surface area contributed by atoms with Gasteiger partial charge < -0.3 is 4.74 Å². The van der Waals surface area contributed by atoms with Gasteiger partial charge >= 0.3 is 5.97 Å². The number of pyridine rings is 1. The van der Waals surface area contributed by atoms with E-state index in [1.165, 1.54) is 18.3 Å². The molecule has 0 saturated carbocycles. The number of ether oxygens (including phenoxy) is 1. The molecule has 1 aromatic heterocycles. The molecular weight excluding hydrogens is 441 g/mol. The van der Waals surface area contributed by atoms with E-state index in [0.29, 0.717) is 12.0 Å². The Labute approximate surface area is 196 Å². The molecule has 178 valence electrons. The Morgan fingerprint density at radius 3 is 2.36 bits per heavy atom. The SMILES string of the molecule is CCCCCC#CCC(Cc1cccnc1)(C(=O)OC(C)(C)C)S(=O)(=O)c1ccc(F)cc1. The second-order valence-corrected chi connectivity index (χ2v) is 11.2. The van der Waals surface area contributed by atoms with Crippen LogP contribution in [0.1, 0.15) is 65.4 Å². The van der Waals surface area contributed by atoms with Crippen LogP contribution in [0.5, 0.6) is 0 Å². The lowest BCUT2D eigenvalue weighted by molar-refractivity contribution is -0.158. The Hall–Kier alpha value is -2.72. The van der Waals surface area contributed by atoms with Crippen LogP contribution in [-0.4, -0.2) is 29.7 Å². The van der Waals surface area contributed by atoms with Gasteiger partial charge in [0.05, 0.1) is 4.90 Å². The molecule has 1 unspecified atom stereocenters. The van der Waals surface area contributed by atoms with Gasteiger partial charge in [-0.3, -0.25) is 9.78 Å². The predicted molar refractivity (Wildman–Crippen MR) is 127 cm³/mol. The van der Waals surface area contributed by atoms with Crippen molar-refractivity contribution in [3.63, 3.8) is 0 Å². The van der Waals surface area contributed by atoms with E-state index in [-0.39, 0.29) is 17.7 Å². The maximum absolute atomic E-state index is 14.0. The lowest BCUT2D eigenvalue weighted by Gasteiger charge is -2.33. The third kappa shape index (κ3) is 7.13. The number of aromatic nitrogens is 1. The van der Waals surface area contributed by atoms with Crippen molar-refractivity contribution in [3.05, 3.63) is 60.2 Å². The first-order valence-corrected chi connectivity index (χ1v) is 12.6. The minimum absolute atomic E-state index is 0.161. The standard InChI is InChI=1S/C26H32FNO4S/c1-5-6-7-8-9-10-17-26(24(29)32-25(2,3)4,19-21-12-11-18-28-20-21)33(30,31)23-15-13-22(27)14-16-23/h11-16,18,20H,5-8,17,19H2,1-4H3. The first kappa shape index (κ1) is 26.5. The van der Waals surface area contributed by atoms with E-state index in [4.69, 9.17) is 4.74 Å². The van der Waals surface area contributed by atoms with Crippen molar-refractivity contribution in [1.82, 2.24) is 4.98 Å². The molecule has 0 aliphatic rings. The lowest BCUT2D eigenvalue weighted by atomic mass is 9.95. The second kappa shape index (κ2) is 11.4. The first-order valence-electron chi connectivity index (χ1n) is 11.1. The summed E-state index contributed by atoms with van der Waals surface area (Å²) in [5, 5.41) is 0. The summed E-state index contributed by atoms with van der Waals surface area (Å²) in [5.41, 5.74) is -0.355. The summed E-state index contributed by atoms with van der Waals surface area (Å²) in [6.45, 7) is 7.13. The van der Waals surface area contributed by atoms with Crippen molar-refractivity contribution < 1.29 is 22.3 Å². The number of unbranched alkanes of at least 4 members (excludes halogenated alkanes) is 3. The van der Waals surface area contributed by atoms with E-state index in [1.807, 2.05) is 0 Å². The van der Waals surface area contributed by atoms with Gasteiger partial charge in [-0.15, -0.1) is 11.8 Å². The van der Waals surface area contributed by atoms with Gasteiger partial charge in [-0.1, -0.05) is 25.8 Å². The van der Waals surface area contributed by atoms with Gasteiger partial charge in [0.25, 0.3) is 0 Å². The van der Waals surface area contributed by atoms with Crippen molar-refractivity contribution in [3.8, 4) is 11.8 Å². The number of benzene rings is 1. The summed E-state index contributed by atoms with van der Waals surface area (Å²) in [4.78, 5) is 17.5. The van der Waals surface area contributed by atoms with Crippen molar-refractivity contribution in [1.29, 1.82) is 0 Å². The van der Waals surface area contributed by atoms with E-state index in [0.717, 1.165) is 31.4 Å². The molecule has 0 fully saturated rings. The zero-order chi connectivity index (χ0) is 24.5. The van der Waals surface area contributed by atoms with Crippen molar-refractivity contribution in [2.75, 3.05) is 0 Å². The van der Waals surface area contributed by atoms with Gasteiger partial charge in [-0.2, -0.15) is 0 Å². The summed E-state index contributed by atoms with van der Waals surface area (Å²) in [6, 6.07) is 7.85. The van der Waals surface area contributed by atoms with Gasteiger partial charge in [0.1, 0.15) is 11.4 Å². The Morgan fingerprint density at radius 1 is 1.09 bits per heavy atom. The number of halogens is 1. The number of hydrogen-bond donors (Lipinski definition) is 0. The number of carbonyl (C=O) groups is 1. The lowest BCUT2D eigenvalue weighted by Crippen LogP contribution is -2.51. The molecule has 33 heavy (non-hydrogen) atoms. The van der Waals surface area contributed by atoms with Crippen LogP contribution >= 0.6 is 0 Å². The van der Waals surface area contributed by atoms with Crippen LogP contribution in [0.2, 0.25) is 0 Å². The predicted octanol–water partition coefficient (Wildman–Crippen LogP) is 5.29. The minimum Gasteiger partial charge on any atom is -0.459 e. The molecule has 7 heteroatoms. The zero-order valence-corrected chi connectivity index (χ0v) is 20.5. The molecule has 2 rings (SSSR count). The topological polar surface area (TPSA) is 73.3 Å². The van der Waals surface area contributed by atoms with E-state index in [9.17, 15) is 17.6 Å². The number of esters is 1. The fourth-order valence-electron chi connectivity index (χ4n) is 3.31. The first-order chi connectivity index (χ1) is 15.5. The summed E-state index contributed by atoms with van der Waals surface area (Å²) in [7, 11) is -4.32. The van der Waals surface area contributed by atoms with Crippen LogP contribution in [0.4, 0.5) is 4.39 Å². The Balaban J connectivity index is 2.63. The molecule has 0 aliphatic heterocycles. The smallest absolute Gasteiger partial charge is 0.329 e. The molecule has 0 spiro atoms. The normalized spacial score (nSPS) is 13.5. The van der Waals surface area contributed by atoms with Crippen molar-refractivity contribution >= 4 is 15.8 Å². The third-order valence-electron chi connectivity index (χ3n) is 5.03. The summed E-state index contributed by atoms with van der Waals surface area (Å²) >= 11 is 0. The van der Waals surface area contributed by atoms with Crippen molar-refractivity contribution in [2.24, 2.45) is 0 Å². The number of sulfone groups is 1. The summed E-state index contributed by atoms with van der Waals surface area (Å²) in [5.74, 6) is 4.50. The summed E-state index contributed by atoms with van der Waals surface area (Å²) in [6.07, 6.45) is 6.26. The van der Waals surface area contributed by atoms with Gasteiger partial charge in [-0.05, 0) is 63.1 Å². The molecule has 0 bridgehead atoms. The molecular formula is C26H32FNO4S. The van der Waals surface area contributed by atoms with E-state index >= 15 is 0 Å². The minimum atomic E-state index is -4.32. The van der Waals surface area contributed by atoms with Crippen molar-refractivity contribution in [2.45, 2.75) is 81.5 Å². The monoisotopic (exact) mass is 473 g/mol.